The lowest BCUT2D eigenvalue weighted by Crippen LogP contribution is -2.44. The van der Waals surface area contributed by atoms with Gasteiger partial charge in [-0.2, -0.15) is 0 Å². The maximum absolute atomic E-state index is 12.8. The van der Waals surface area contributed by atoms with E-state index in [1.165, 1.54) is 0 Å². The first kappa shape index (κ1) is 20.7. The fourth-order valence-electron chi connectivity index (χ4n) is 3.89. The van der Waals surface area contributed by atoms with E-state index in [4.69, 9.17) is 27.2 Å². The van der Waals surface area contributed by atoms with Gasteiger partial charge in [-0.15, -0.1) is 0 Å². The number of unbranched alkanes of at least 4 members (excludes halogenated alkanes) is 2. The number of hydrogen-bond acceptors (Lipinski definition) is 5. The molecule has 0 unspecified atom stereocenters. The molecule has 0 atom stereocenters. The molecule has 0 spiro atoms. The molecule has 0 aromatic heterocycles. The summed E-state index contributed by atoms with van der Waals surface area (Å²) in [5.74, 6) is -0.319. The smallest absolute Gasteiger partial charge is 0.303 e. The SMILES string of the molecule is Nc1c(Cl)cc(C(=O)NC2CCN(CCCCCC(=O)O)CC2)c2c1CCO2. The molecule has 2 aliphatic rings. The molecule has 1 saturated heterocycles. The highest BCUT2D eigenvalue weighted by molar-refractivity contribution is 6.33. The van der Waals surface area contributed by atoms with Gasteiger partial charge in [0, 0.05) is 37.5 Å². The van der Waals surface area contributed by atoms with Crippen LogP contribution in [0.3, 0.4) is 0 Å². The molecule has 0 saturated carbocycles. The Hall–Kier alpha value is -1.99. The van der Waals surface area contributed by atoms with Gasteiger partial charge in [0.25, 0.3) is 5.91 Å². The molecule has 0 radical (unpaired) electrons. The van der Waals surface area contributed by atoms with E-state index in [1.54, 1.807) is 6.07 Å². The Kier molecular flexibility index (Phi) is 7.02. The van der Waals surface area contributed by atoms with Crippen LogP contribution in [0.1, 0.15) is 54.4 Å². The van der Waals surface area contributed by atoms with Crippen molar-refractivity contribution < 1.29 is 19.4 Å². The van der Waals surface area contributed by atoms with E-state index >= 15 is 0 Å². The number of likely N-dealkylation sites (tertiary alicyclic amines) is 1. The molecule has 0 bridgehead atoms. The highest BCUT2D eigenvalue weighted by Crippen LogP contribution is 2.38. The predicted molar refractivity (Wildman–Crippen MR) is 108 cm³/mol. The Balaban J connectivity index is 1.45. The number of halogens is 1. The van der Waals surface area contributed by atoms with E-state index < -0.39 is 5.97 Å². The molecule has 1 aromatic carbocycles. The van der Waals surface area contributed by atoms with Crippen molar-refractivity contribution in [3.8, 4) is 5.75 Å². The zero-order valence-corrected chi connectivity index (χ0v) is 16.8. The number of nitrogens with two attached hydrogens (primary N) is 1. The summed E-state index contributed by atoms with van der Waals surface area (Å²) in [4.78, 5) is 25.7. The summed E-state index contributed by atoms with van der Waals surface area (Å²) >= 11 is 6.19. The number of benzene rings is 1. The minimum atomic E-state index is -0.727. The van der Waals surface area contributed by atoms with Crippen molar-refractivity contribution in [2.24, 2.45) is 0 Å². The summed E-state index contributed by atoms with van der Waals surface area (Å²) in [6, 6.07) is 1.73. The van der Waals surface area contributed by atoms with E-state index in [0.29, 0.717) is 35.1 Å². The molecule has 1 amide bonds. The third-order valence-electron chi connectivity index (χ3n) is 5.50. The number of rotatable bonds is 8. The first-order valence-electron chi connectivity index (χ1n) is 9.94. The Morgan fingerprint density at radius 1 is 1.29 bits per heavy atom. The molecule has 7 nitrogen and oxygen atoms in total. The molecule has 4 N–H and O–H groups in total. The number of carbonyl (C=O) groups excluding carboxylic acids is 1. The van der Waals surface area contributed by atoms with Crippen LogP contribution in [0.15, 0.2) is 6.07 Å². The van der Waals surface area contributed by atoms with Gasteiger partial charge in [0.1, 0.15) is 5.75 Å². The third kappa shape index (κ3) is 5.08. The Labute approximate surface area is 170 Å². The zero-order valence-electron chi connectivity index (χ0n) is 16.0. The number of nitrogens with one attached hydrogen (secondary N) is 1. The van der Waals surface area contributed by atoms with Crippen molar-refractivity contribution in [3.63, 3.8) is 0 Å². The second-order valence-corrected chi connectivity index (χ2v) is 7.93. The van der Waals surface area contributed by atoms with Gasteiger partial charge in [0.2, 0.25) is 0 Å². The van der Waals surface area contributed by atoms with Gasteiger partial charge in [0.05, 0.1) is 22.9 Å². The fraction of sp³-hybridized carbons (Fsp3) is 0.600. The Morgan fingerprint density at radius 2 is 2.04 bits per heavy atom. The number of carboxylic acid groups (broad SMARTS) is 1. The number of nitrogen functional groups attached to an aromatic ring is 1. The van der Waals surface area contributed by atoms with E-state index in [-0.39, 0.29) is 18.4 Å². The lowest BCUT2D eigenvalue weighted by atomic mass is 10.0. The van der Waals surface area contributed by atoms with E-state index in [1.807, 2.05) is 0 Å². The summed E-state index contributed by atoms with van der Waals surface area (Å²) in [5.41, 5.74) is 7.79. The van der Waals surface area contributed by atoms with Crippen LogP contribution in [0.5, 0.6) is 5.75 Å². The highest BCUT2D eigenvalue weighted by Gasteiger charge is 2.27. The number of amides is 1. The number of fused-ring (bicyclic) bond motifs is 1. The topological polar surface area (TPSA) is 105 Å². The molecule has 1 fully saturated rings. The first-order chi connectivity index (χ1) is 13.5. The number of anilines is 1. The van der Waals surface area contributed by atoms with Gasteiger partial charge in [-0.1, -0.05) is 18.0 Å². The maximum Gasteiger partial charge on any atom is 0.303 e. The highest BCUT2D eigenvalue weighted by atomic mass is 35.5. The average Bonchev–Trinajstić information content (AvgIpc) is 3.15. The van der Waals surface area contributed by atoms with Gasteiger partial charge in [-0.05, 0) is 38.3 Å². The first-order valence-corrected chi connectivity index (χ1v) is 10.3. The van der Waals surface area contributed by atoms with Gasteiger partial charge < -0.3 is 25.8 Å². The van der Waals surface area contributed by atoms with Crippen molar-refractivity contribution in [2.45, 2.75) is 51.0 Å². The van der Waals surface area contributed by atoms with Crippen LogP contribution < -0.4 is 15.8 Å². The molecular weight excluding hydrogens is 382 g/mol. The van der Waals surface area contributed by atoms with Crippen LogP contribution in [0.4, 0.5) is 5.69 Å². The van der Waals surface area contributed by atoms with Crippen LogP contribution in [-0.2, 0) is 11.2 Å². The molecule has 2 heterocycles. The fourth-order valence-corrected chi connectivity index (χ4v) is 4.11. The lowest BCUT2D eigenvalue weighted by molar-refractivity contribution is -0.137. The molecule has 2 aliphatic heterocycles. The van der Waals surface area contributed by atoms with Gasteiger partial charge in [-0.25, -0.2) is 0 Å². The van der Waals surface area contributed by atoms with Crippen LogP contribution in [-0.4, -0.2) is 54.2 Å². The molecular formula is C20H28ClN3O4. The van der Waals surface area contributed by atoms with E-state index in [2.05, 4.69) is 10.2 Å². The maximum atomic E-state index is 12.8. The molecule has 8 heteroatoms. The van der Waals surface area contributed by atoms with Crippen molar-refractivity contribution in [1.29, 1.82) is 0 Å². The third-order valence-corrected chi connectivity index (χ3v) is 5.82. The summed E-state index contributed by atoms with van der Waals surface area (Å²) < 4.78 is 5.63. The second-order valence-electron chi connectivity index (χ2n) is 7.52. The van der Waals surface area contributed by atoms with Crippen molar-refractivity contribution in [3.05, 3.63) is 22.2 Å². The minimum absolute atomic E-state index is 0.129. The van der Waals surface area contributed by atoms with E-state index in [9.17, 15) is 9.59 Å². The van der Waals surface area contributed by atoms with E-state index in [0.717, 1.165) is 57.3 Å². The lowest BCUT2D eigenvalue weighted by Gasteiger charge is -2.32. The summed E-state index contributed by atoms with van der Waals surface area (Å²) in [7, 11) is 0. The van der Waals surface area contributed by atoms with Gasteiger partial charge >= 0.3 is 5.97 Å². The number of hydrogen-bond donors (Lipinski definition) is 3. The largest absolute Gasteiger partial charge is 0.492 e. The summed E-state index contributed by atoms with van der Waals surface area (Å²) in [6.07, 6.45) is 5.39. The molecule has 0 aliphatic carbocycles. The predicted octanol–water partition coefficient (Wildman–Crippen LogP) is 2.70. The Morgan fingerprint density at radius 3 is 2.75 bits per heavy atom. The number of ether oxygens (including phenoxy) is 1. The van der Waals surface area contributed by atoms with Crippen molar-refractivity contribution in [2.75, 3.05) is 32.0 Å². The van der Waals surface area contributed by atoms with Gasteiger partial charge in [0.15, 0.2) is 0 Å². The zero-order chi connectivity index (χ0) is 20.1. The standard InChI is InChI=1S/C20H28ClN3O4/c21-16-12-15(19-14(18(16)22)7-11-28-19)20(27)23-13-5-9-24(10-6-13)8-3-1-2-4-17(25)26/h12-13H,1-11,22H2,(H,23,27)(H,25,26). The summed E-state index contributed by atoms with van der Waals surface area (Å²) in [6.45, 7) is 3.36. The average molecular weight is 410 g/mol. The summed E-state index contributed by atoms with van der Waals surface area (Å²) in [5, 5.41) is 12.2. The van der Waals surface area contributed by atoms with Crippen LogP contribution in [0.2, 0.25) is 5.02 Å². The van der Waals surface area contributed by atoms with Crippen LogP contribution >= 0.6 is 11.6 Å². The number of piperidine rings is 1. The molecule has 154 valence electrons. The van der Waals surface area contributed by atoms with Gasteiger partial charge in [-0.3, -0.25) is 9.59 Å². The number of carbonyl (C=O) groups is 2. The normalized spacial score (nSPS) is 17.2. The Bertz CT molecular complexity index is 733. The number of aliphatic carboxylic acids is 1. The minimum Gasteiger partial charge on any atom is -0.492 e. The number of carboxylic acids is 1. The van der Waals surface area contributed by atoms with Crippen LogP contribution in [0.25, 0.3) is 0 Å². The quantitative estimate of drug-likeness (QED) is 0.450. The van der Waals surface area contributed by atoms with Crippen molar-refractivity contribution >= 4 is 29.2 Å². The van der Waals surface area contributed by atoms with Crippen LogP contribution in [0, 0.1) is 0 Å². The number of nitrogens with zero attached hydrogens (tertiary/aromatic N) is 1. The molecule has 1 aromatic rings. The second kappa shape index (κ2) is 9.47. The molecule has 28 heavy (non-hydrogen) atoms. The van der Waals surface area contributed by atoms with Crippen molar-refractivity contribution in [1.82, 2.24) is 10.2 Å². The monoisotopic (exact) mass is 409 g/mol. The molecule has 3 rings (SSSR count).